The van der Waals surface area contributed by atoms with E-state index in [1.807, 2.05) is 36.4 Å². The lowest BCUT2D eigenvalue weighted by molar-refractivity contribution is -0.179. The molecule has 2 aliphatic carbocycles. The summed E-state index contributed by atoms with van der Waals surface area (Å²) in [6.07, 6.45) is 1.95. The van der Waals surface area contributed by atoms with Crippen LogP contribution < -0.4 is 0 Å². The second-order valence-corrected chi connectivity index (χ2v) is 12.1. The van der Waals surface area contributed by atoms with Crippen LogP contribution in [0, 0.1) is 22.7 Å². The van der Waals surface area contributed by atoms with E-state index < -0.39 is 11.6 Å². The molecule has 4 heteroatoms. The SMILES string of the molecule is CC(C)N(CC1C2CCC(C)(C1OC(=O)C(O)(c1ccccc1)c1ccccc1)C2(C)C)C(C)C. The van der Waals surface area contributed by atoms with Crippen molar-refractivity contribution >= 4 is 5.97 Å². The third kappa shape index (κ3) is 4.13. The van der Waals surface area contributed by atoms with Crippen molar-refractivity contribution < 1.29 is 14.6 Å². The molecule has 2 bridgehead atoms. The largest absolute Gasteiger partial charge is 0.459 e. The van der Waals surface area contributed by atoms with Crippen molar-refractivity contribution in [3.05, 3.63) is 71.8 Å². The summed E-state index contributed by atoms with van der Waals surface area (Å²) in [5, 5.41) is 12.0. The molecule has 190 valence electrons. The molecule has 4 unspecified atom stereocenters. The summed E-state index contributed by atoms with van der Waals surface area (Å²) in [6.45, 7) is 16.9. The Bertz CT molecular complexity index is 969. The highest BCUT2D eigenvalue weighted by Gasteiger charge is 2.68. The number of carbonyl (C=O) groups is 1. The first-order valence-electron chi connectivity index (χ1n) is 13.2. The molecule has 0 heterocycles. The van der Waals surface area contributed by atoms with Gasteiger partial charge >= 0.3 is 5.97 Å². The summed E-state index contributed by atoms with van der Waals surface area (Å²) < 4.78 is 6.52. The summed E-state index contributed by atoms with van der Waals surface area (Å²) in [5.74, 6) is 0.134. The number of nitrogens with zero attached hydrogens (tertiary/aromatic N) is 1. The molecule has 2 aliphatic rings. The number of esters is 1. The van der Waals surface area contributed by atoms with Gasteiger partial charge in [-0.25, -0.2) is 4.79 Å². The van der Waals surface area contributed by atoms with E-state index in [4.69, 9.17) is 4.74 Å². The van der Waals surface area contributed by atoms with Gasteiger partial charge < -0.3 is 9.84 Å². The highest BCUT2D eigenvalue weighted by molar-refractivity contribution is 5.85. The smallest absolute Gasteiger partial charge is 0.347 e. The standard InChI is InChI=1S/C31H43NO3/c1-21(2)32(22(3)4)20-25-26-18-19-30(7,29(26,5)6)27(25)35-28(33)31(34,23-14-10-8-11-15-23)24-16-12-9-13-17-24/h8-17,21-22,25-27,34H,18-20H2,1-7H3. The van der Waals surface area contributed by atoms with E-state index in [1.165, 1.54) is 0 Å². The maximum absolute atomic E-state index is 14.1. The Morgan fingerprint density at radius 2 is 1.46 bits per heavy atom. The van der Waals surface area contributed by atoms with Crippen molar-refractivity contribution in [3.63, 3.8) is 0 Å². The topological polar surface area (TPSA) is 49.8 Å². The highest BCUT2D eigenvalue weighted by Crippen LogP contribution is 2.68. The summed E-state index contributed by atoms with van der Waals surface area (Å²) >= 11 is 0. The van der Waals surface area contributed by atoms with Crippen LogP contribution in [0.5, 0.6) is 0 Å². The predicted molar refractivity (Wildman–Crippen MR) is 141 cm³/mol. The van der Waals surface area contributed by atoms with E-state index in [2.05, 4.69) is 53.4 Å². The second-order valence-electron chi connectivity index (χ2n) is 12.1. The molecule has 2 aromatic carbocycles. The summed E-state index contributed by atoms with van der Waals surface area (Å²) in [6, 6.07) is 19.2. The quantitative estimate of drug-likeness (QED) is 0.472. The highest BCUT2D eigenvalue weighted by atomic mass is 16.6. The molecule has 4 nitrogen and oxygen atoms in total. The first-order chi connectivity index (χ1) is 16.4. The number of rotatable bonds is 8. The van der Waals surface area contributed by atoms with Gasteiger partial charge in [0.25, 0.3) is 0 Å². The Balaban J connectivity index is 1.73. The number of hydrogen-bond donors (Lipinski definition) is 1. The zero-order chi connectivity index (χ0) is 25.6. The Morgan fingerprint density at radius 1 is 0.971 bits per heavy atom. The minimum Gasteiger partial charge on any atom is -0.459 e. The lowest BCUT2D eigenvalue weighted by atomic mass is 9.70. The maximum atomic E-state index is 14.1. The van der Waals surface area contributed by atoms with Crippen molar-refractivity contribution in [1.29, 1.82) is 0 Å². The molecular weight excluding hydrogens is 434 g/mol. The van der Waals surface area contributed by atoms with E-state index >= 15 is 0 Å². The van der Waals surface area contributed by atoms with Gasteiger partial charge in [-0.2, -0.15) is 0 Å². The fraction of sp³-hybridized carbons (Fsp3) is 0.581. The van der Waals surface area contributed by atoms with Gasteiger partial charge in [-0.1, -0.05) is 81.4 Å². The van der Waals surface area contributed by atoms with Gasteiger partial charge in [-0.05, 0) is 63.0 Å². The lowest BCUT2D eigenvalue weighted by Gasteiger charge is -2.43. The van der Waals surface area contributed by atoms with Crippen LogP contribution in [-0.4, -0.2) is 40.7 Å². The Hall–Kier alpha value is -2.17. The molecule has 2 saturated carbocycles. The van der Waals surface area contributed by atoms with E-state index in [-0.39, 0.29) is 22.9 Å². The van der Waals surface area contributed by atoms with Crippen molar-refractivity contribution in [1.82, 2.24) is 4.90 Å². The van der Waals surface area contributed by atoms with E-state index in [1.54, 1.807) is 24.3 Å². The van der Waals surface area contributed by atoms with Crippen LogP contribution in [0.15, 0.2) is 60.7 Å². The fourth-order valence-corrected chi connectivity index (χ4v) is 7.17. The van der Waals surface area contributed by atoms with Crippen LogP contribution in [0.4, 0.5) is 0 Å². The number of ether oxygens (including phenoxy) is 1. The summed E-state index contributed by atoms with van der Waals surface area (Å²) in [7, 11) is 0. The molecule has 0 aromatic heterocycles. The van der Waals surface area contributed by atoms with Crippen LogP contribution in [0.25, 0.3) is 0 Å². The number of aliphatic hydroxyl groups is 1. The third-order valence-electron chi connectivity index (χ3n) is 9.57. The molecular formula is C31H43NO3. The van der Waals surface area contributed by atoms with Gasteiger partial charge in [-0.15, -0.1) is 0 Å². The van der Waals surface area contributed by atoms with Crippen molar-refractivity contribution in [2.75, 3.05) is 6.54 Å². The fourth-order valence-electron chi connectivity index (χ4n) is 7.17. The molecule has 4 rings (SSSR count). The molecule has 2 aromatic rings. The second kappa shape index (κ2) is 9.37. The zero-order valence-electron chi connectivity index (χ0n) is 22.5. The van der Waals surface area contributed by atoms with Crippen LogP contribution >= 0.6 is 0 Å². The van der Waals surface area contributed by atoms with Gasteiger partial charge in [-0.3, -0.25) is 4.90 Å². The molecule has 1 N–H and O–H groups in total. The number of carbonyl (C=O) groups excluding carboxylic acids is 1. The molecule has 0 saturated heterocycles. The Morgan fingerprint density at radius 3 is 1.91 bits per heavy atom. The van der Waals surface area contributed by atoms with Crippen molar-refractivity contribution in [3.8, 4) is 0 Å². The lowest BCUT2D eigenvalue weighted by Crippen LogP contribution is -2.50. The molecule has 0 aliphatic heterocycles. The summed E-state index contributed by atoms with van der Waals surface area (Å²) in [5.41, 5.74) is -0.866. The van der Waals surface area contributed by atoms with Gasteiger partial charge in [0, 0.05) is 30.0 Å². The number of hydrogen-bond acceptors (Lipinski definition) is 4. The maximum Gasteiger partial charge on any atom is 0.347 e. The van der Waals surface area contributed by atoms with Gasteiger partial charge in [0.15, 0.2) is 0 Å². The third-order valence-corrected chi connectivity index (χ3v) is 9.57. The van der Waals surface area contributed by atoms with Gasteiger partial charge in [0.1, 0.15) is 6.10 Å². The van der Waals surface area contributed by atoms with Gasteiger partial charge in [0.2, 0.25) is 5.60 Å². The predicted octanol–water partition coefficient (Wildman–Crippen LogP) is 6.03. The number of fused-ring (bicyclic) bond motifs is 2. The molecule has 35 heavy (non-hydrogen) atoms. The first kappa shape index (κ1) is 25.9. The van der Waals surface area contributed by atoms with E-state index in [9.17, 15) is 9.90 Å². The van der Waals surface area contributed by atoms with Crippen LogP contribution in [0.1, 0.15) is 72.4 Å². The first-order valence-corrected chi connectivity index (χ1v) is 13.2. The Labute approximate surface area is 211 Å². The minimum absolute atomic E-state index is 0.0554. The minimum atomic E-state index is -1.86. The molecule has 2 fully saturated rings. The zero-order valence-corrected chi connectivity index (χ0v) is 22.5. The molecule has 0 radical (unpaired) electrons. The molecule has 0 spiro atoms. The molecule has 4 atom stereocenters. The monoisotopic (exact) mass is 477 g/mol. The van der Waals surface area contributed by atoms with Crippen LogP contribution in [0.3, 0.4) is 0 Å². The average molecular weight is 478 g/mol. The average Bonchev–Trinajstić information content (AvgIpc) is 3.15. The van der Waals surface area contributed by atoms with Gasteiger partial charge in [0.05, 0.1) is 0 Å². The van der Waals surface area contributed by atoms with Crippen LogP contribution in [0.2, 0.25) is 0 Å². The Kier molecular flexibility index (Phi) is 6.93. The van der Waals surface area contributed by atoms with E-state index in [0.29, 0.717) is 29.1 Å². The van der Waals surface area contributed by atoms with Crippen molar-refractivity contribution in [2.24, 2.45) is 22.7 Å². The normalized spacial score (nSPS) is 27.7. The molecule has 0 amide bonds. The van der Waals surface area contributed by atoms with Crippen LogP contribution in [-0.2, 0) is 15.1 Å². The van der Waals surface area contributed by atoms with E-state index in [0.717, 1.165) is 19.4 Å². The van der Waals surface area contributed by atoms with Crippen molar-refractivity contribution in [2.45, 2.75) is 85.1 Å². The number of benzene rings is 2. The summed E-state index contributed by atoms with van der Waals surface area (Å²) in [4.78, 5) is 16.6.